The first-order valence-corrected chi connectivity index (χ1v) is 4.18. The van der Waals surface area contributed by atoms with Crippen LogP contribution in [0.3, 0.4) is 0 Å². The Balaban J connectivity index is 0.00000121. The maximum Gasteiger partial charge on any atom is 0.125 e. The predicted octanol–water partition coefficient (Wildman–Crippen LogP) is 0.886. The van der Waals surface area contributed by atoms with Gasteiger partial charge in [0, 0.05) is 21.1 Å². The first-order valence-electron chi connectivity index (χ1n) is 4.18. The van der Waals surface area contributed by atoms with Crippen LogP contribution in [0.15, 0.2) is 0 Å². The van der Waals surface area contributed by atoms with E-state index in [0.29, 0.717) is 19.4 Å². The van der Waals surface area contributed by atoms with Crippen LogP contribution in [0.2, 0.25) is 0 Å². The number of hydrogen-bond acceptors (Lipinski definition) is 2. The zero-order valence-electron chi connectivity index (χ0n) is 7.36. The van der Waals surface area contributed by atoms with Crippen LogP contribution in [0.25, 0.3) is 0 Å². The fourth-order valence-electron chi connectivity index (χ4n) is 1.51. The number of likely N-dealkylation sites (tertiary alicyclic amines) is 1. The Morgan fingerprint density at radius 1 is 1.55 bits per heavy atom. The molecule has 0 spiro atoms. The lowest BCUT2D eigenvalue weighted by molar-refractivity contribution is 0.0709. The first kappa shape index (κ1) is 8.94. The lowest BCUT2D eigenvalue weighted by Crippen LogP contribution is -2.45. The van der Waals surface area contributed by atoms with E-state index in [2.05, 4.69) is 10.2 Å². The van der Waals surface area contributed by atoms with Gasteiger partial charge in [-0.25, -0.2) is 4.39 Å². The van der Waals surface area contributed by atoms with Gasteiger partial charge in [-0.1, -0.05) is 0 Å². The van der Waals surface area contributed by atoms with Gasteiger partial charge in [-0.05, 0) is 26.9 Å². The fourth-order valence-corrected chi connectivity index (χ4v) is 1.51. The van der Waals surface area contributed by atoms with E-state index in [1.807, 2.05) is 7.05 Å². The van der Waals surface area contributed by atoms with Crippen LogP contribution in [0.4, 0.5) is 4.39 Å². The molecule has 68 valence electrons. The summed E-state index contributed by atoms with van der Waals surface area (Å²) in [4.78, 5) is 2.17. The van der Waals surface area contributed by atoms with Crippen LogP contribution in [0, 0.1) is 0 Å². The van der Waals surface area contributed by atoms with Crippen molar-refractivity contribution in [1.82, 2.24) is 10.2 Å². The first-order chi connectivity index (χ1) is 5.16. The number of rotatable bonds is 2. The Kier molecular flexibility index (Phi) is 2.84. The van der Waals surface area contributed by atoms with Gasteiger partial charge in [0.05, 0.1) is 0 Å². The van der Waals surface area contributed by atoms with Gasteiger partial charge in [0.15, 0.2) is 0 Å². The average Bonchev–Trinajstić information content (AvgIpc) is 1.97. The van der Waals surface area contributed by atoms with E-state index in [0.717, 1.165) is 13.1 Å². The van der Waals surface area contributed by atoms with Crippen molar-refractivity contribution in [3.05, 3.63) is 0 Å². The van der Waals surface area contributed by atoms with E-state index in [-0.39, 0.29) is 1.43 Å². The Morgan fingerprint density at radius 3 is 2.55 bits per heavy atom. The van der Waals surface area contributed by atoms with Gasteiger partial charge in [0.1, 0.15) is 5.67 Å². The minimum absolute atomic E-state index is 0. The average molecular weight is 162 g/mol. The molecule has 0 saturated carbocycles. The Labute approximate surface area is 69.2 Å². The number of nitrogens with zero attached hydrogens (tertiary/aromatic N) is 1. The van der Waals surface area contributed by atoms with Crippen molar-refractivity contribution < 1.29 is 5.82 Å². The van der Waals surface area contributed by atoms with E-state index in [9.17, 15) is 4.39 Å². The van der Waals surface area contributed by atoms with E-state index < -0.39 is 5.67 Å². The molecule has 1 aliphatic heterocycles. The summed E-state index contributed by atoms with van der Waals surface area (Å²) in [6.45, 7) is 2.28. The highest BCUT2D eigenvalue weighted by Crippen LogP contribution is 2.24. The van der Waals surface area contributed by atoms with E-state index in [1.54, 1.807) is 7.05 Å². The number of halogens is 1. The summed E-state index contributed by atoms with van der Waals surface area (Å²) < 4.78 is 13.7. The Hall–Kier alpha value is -0.150. The molecule has 1 aliphatic rings. The molecule has 0 amide bonds. The van der Waals surface area contributed by atoms with Crippen molar-refractivity contribution in [3.63, 3.8) is 0 Å². The topological polar surface area (TPSA) is 15.3 Å². The smallest absolute Gasteiger partial charge is 0.125 e. The van der Waals surface area contributed by atoms with Crippen molar-refractivity contribution in [3.8, 4) is 0 Å². The monoisotopic (exact) mass is 162 g/mol. The van der Waals surface area contributed by atoms with Crippen molar-refractivity contribution in [2.45, 2.75) is 18.5 Å². The quantitative estimate of drug-likeness (QED) is 0.648. The summed E-state index contributed by atoms with van der Waals surface area (Å²) in [5.74, 6) is 0. The minimum Gasteiger partial charge on any atom is -0.317 e. The molecule has 1 heterocycles. The largest absolute Gasteiger partial charge is 0.317 e. The third kappa shape index (κ3) is 2.42. The highest BCUT2D eigenvalue weighted by Gasteiger charge is 2.32. The van der Waals surface area contributed by atoms with Gasteiger partial charge in [-0.3, -0.25) is 0 Å². The Morgan fingerprint density at radius 2 is 2.09 bits per heavy atom. The second kappa shape index (κ2) is 3.50. The molecule has 2 nitrogen and oxygen atoms in total. The second-order valence-corrected chi connectivity index (χ2v) is 3.48. The molecule has 1 fully saturated rings. The molecule has 0 radical (unpaired) electrons. The van der Waals surface area contributed by atoms with Gasteiger partial charge >= 0.3 is 0 Å². The molecule has 0 atom stereocenters. The molecule has 0 unspecified atom stereocenters. The number of alkyl halides is 1. The van der Waals surface area contributed by atoms with E-state index in [4.69, 9.17) is 0 Å². The SMILES string of the molecule is CNCC1(F)CCN(C)CC1.[HH]. The standard InChI is InChI=1S/C8H17FN2.H2/c1-10-7-8(9)3-5-11(2)6-4-8;/h10H,3-7H2,1-2H3;1H. The van der Waals surface area contributed by atoms with Gasteiger partial charge in [-0.2, -0.15) is 0 Å². The van der Waals surface area contributed by atoms with Crippen LogP contribution in [-0.4, -0.2) is 44.3 Å². The molecule has 0 aromatic carbocycles. The molecule has 1 N–H and O–H groups in total. The van der Waals surface area contributed by atoms with Crippen LogP contribution in [0.1, 0.15) is 14.3 Å². The summed E-state index contributed by atoms with van der Waals surface area (Å²) in [6, 6.07) is 0. The van der Waals surface area contributed by atoms with Crippen LogP contribution in [-0.2, 0) is 0 Å². The molecular weight excluding hydrogens is 143 g/mol. The van der Waals surface area contributed by atoms with Gasteiger partial charge in [-0.15, -0.1) is 0 Å². The fraction of sp³-hybridized carbons (Fsp3) is 1.00. The van der Waals surface area contributed by atoms with Crippen molar-refractivity contribution in [2.24, 2.45) is 0 Å². The zero-order valence-corrected chi connectivity index (χ0v) is 7.36. The Bertz CT molecular complexity index is 124. The number of hydrogen-bond donors (Lipinski definition) is 1. The van der Waals surface area contributed by atoms with Crippen LogP contribution >= 0.6 is 0 Å². The molecule has 0 bridgehead atoms. The second-order valence-electron chi connectivity index (χ2n) is 3.48. The zero-order chi connectivity index (χ0) is 8.32. The van der Waals surface area contributed by atoms with Crippen molar-refractivity contribution >= 4 is 0 Å². The van der Waals surface area contributed by atoms with E-state index >= 15 is 0 Å². The maximum atomic E-state index is 13.7. The summed E-state index contributed by atoms with van der Waals surface area (Å²) in [5, 5.41) is 2.90. The lowest BCUT2D eigenvalue weighted by atomic mass is 9.94. The third-order valence-corrected chi connectivity index (χ3v) is 2.38. The lowest BCUT2D eigenvalue weighted by Gasteiger charge is -2.34. The van der Waals surface area contributed by atoms with E-state index in [1.165, 1.54) is 0 Å². The molecule has 1 saturated heterocycles. The van der Waals surface area contributed by atoms with Crippen molar-refractivity contribution in [2.75, 3.05) is 33.7 Å². The highest BCUT2D eigenvalue weighted by atomic mass is 19.1. The normalized spacial score (nSPS) is 25.4. The molecule has 0 aromatic rings. The van der Waals surface area contributed by atoms with Crippen LogP contribution in [0.5, 0.6) is 0 Å². The summed E-state index contributed by atoms with van der Waals surface area (Å²) in [6.07, 6.45) is 1.34. The molecule has 3 heteroatoms. The molecule has 11 heavy (non-hydrogen) atoms. The van der Waals surface area contributed by atoms with Gasteiger partial charge < -0.3 is 10.2 Å². The predicted molar refractivity (Wildman–Crippen MR) is 46.6 cm³/mol. The van der Waals surface area contributed by atoms with Gasteiger partial charge in [0.2, 0.25) is 0 Å². The summed E-state index contributed by atoms with van der Waals surface area (Å²) in [7, 11) is 3.85. The molecule has 1 rings (SSSR count). The highest BCUT2D eigenvalue weighted by molar-refractivity contribution is 4.86. The minimum atomic E-state index is -0.943. The summed E-state index contributed by atoms with van der Waals surface area (Å²) >= 11 is 0. The van der Waals surface area contributed by atoms with Crippen LogP contribution < -0.4 is 5.32 Å². The van der Waals surface area contributed by atoms with Gasteiger partial charge in [0.25, 0.3) is 0 Å². The number of piperidine rings is 1. The molecular formula is C8H19FN2. The molecule has 0 aromatic heterocycles. The molecule has 0 aliphatic carbocycles. The summed E-state index contributed by atoms with van der Waals surface area (Å²) in [5.41, 5.74) is -0.943. The third-order valence-electron chi connectivity index (χ3n) is 2.38. The number of nitrogens with one attached hydrogen (secondary N) is 1. The maximum absolute atomic E-state index is 13.7. The van der Waals surface area contributed by atoms with Crippen molar-refractivity contribution in [1.29, 1.82) is 0 Å².